The molecule has 1 aromatic heterocycles. The van der Waals surface area contributed by atoms with Crippen molar-refractivity contribution in [2.24, 2.45) is 0 Å². The van der Waals surface area contributed by atoms with Crippen molar-refractivity contribution in [3.63, 3.8) is 0 Å². The Morgan fingerprint density at radius 3 is 3.07 bits per heavy atom. The van der Waals surface area contributed by atoms with E-state index in [-0.39, 0.29) is 0 Å². The Labute approximate surface area is 89.8 Å². The summed E-state index contributed by atoms with van der Waals surface area (Å²) in [7, 11) is 0. The summed E-state index contributed by atoms with van der Waals surface area (Å²) in [5.41, 5.74) is 1.38. The van der Waals surface area contributed by atoms with E-state index < -0.39 is 0 Å². The molecular weight excluding hydrogens is 192 g/mol. The molecule has 78 valence electrons. The monoisotopic (exact) mass is 210 g/mol. The number of hydrogen-bond donors (Lipinski definition) is 1. The van der Waals surface area contributed by atoms with Crippen LogP contribution in [0.5, 0.6) is 0 Å². The quantitative estimate of drug-likeness (QED) is 0.811. The molecule has 0 aromatic carbocycles. The molecule has 1 aliphatic heterocycles. The fraction of sp³-hybridized carbons (Fsp3) is 0.727. The largest absolute Gasteiger partial charge is 0.316 e. The zero-order valence-electron chi connectivity index (χ0n) is 8.97. The van der Waals surface area contributed by atoms with Gasteiger partial charge in [-0.15, -0.1) is 11.3 Å². The van der Waals surface area contributed by atoms with Crippen molar-refractivity contribution >= 4 is 11.3 Å². The molecule has 2 nitrogen and oxygen atoms in total. The van der Waals surface area contributed by atoms with Gasteiger partial charge in [0, 0.05) is 17.3 Å². The van der Waals surface area contributed by atoms with E-state index in [1.807, 2.05) is 11.3 Å². The third kappa shape index (κ3) is 1.98. The first kappa shape index (κ1) is 10.1. The maximum Gasteiger partial charge on any atom is 0.0900 e. The van der Waals surface area contributed by atoms with Crippen LogP contribution in [0.2, 0.25) is 0 Å². The van der Waals surface area contributed by atoms with E-state index in [4.69, 9.17) is 0 Å². The fourth-order valence-corrected chi connectivity index (χ4v) is 3.10. The summed E-state index contributed by atoms with van der Waals surface area (Å²) in [5, 5.41) is 4.68. The van der Waals surface area contributed by atoms with Crippen LogP contribution < -0.4 is 5.32 Å². The predicted molar refractivity (Wildman–Crippen MR) is 61.1 cm³/mol. The van der Waals surface area contributed by atoms with Crippen molar-refractivity contribution in [1.82, 2.24) is 10.3 Å². The minimum absolute atomic E-state index is 0.670. The third-order valence-electron chi connectivity index (χ3n) is 2.84. The highest BCUT2D eigenvalue weighted by Crippen LogP contribution is 2.29. The lowest BCUT2D eigenvalue weighted by Gasteiger charge is -2.22. The van der Waals surface area contributed by atoms with Gasteiger partial charge >= 0.3 is 0 Å². The van der Waals surface area contributed by atoms with E-state index in [0.717, 1.165) is 13.0 Å². The lowest BCUT2D eigenvalue weighted by atomic mass is 9.95. The first-order valence-electron chi connectivity index (χ1n) is 5.48. The number of nitrogens with zero attached hydrogens (tertiary/aromatic N) is 1. The van der Waals surface area contributed by atoms with Crippen LogP contribution >= 0.6 is 11.3 Å². The summed E-state index contributed by atoms with van der Waals surface area (Å²) in [5.74, 6) is 0.670. The van der Waals surface area contributed by atoms with Gasteiger partial charge in [-0.05, 0) is 32.7 Å². The maximum atomic E-state index is 4.68. The minimum Gasteiger partial charge on any atom is -0.316 e. The molecule has 1 aromatic rings. The Bertz CT molecular complexity index is 300. The SMILES string of the molecule is CCc1sc(C)nc1C1CCCNC1. The van der Waals surface area contributed by atoms with Crippen LogP contribution in [0.15, 0.2) is 0 Å². The van der Waals surface area contributed by atoms with Crippen molar-refractivity contribution in [3.8, 4) is 0 Å². The van der Waals surface area contributed by atoms with Crippen molar-refractivity contribution < 1.29 is 0 Å². The Morgan fingerprint density at radius 2 is 2.43 bits per heavy atom. The molecule has 1 saturated heterocycles. The molecule has 1 N–H and O–H groups in total. The van der Waals surface area contributed by atoms with Crippen LogP contribution in [0.4, 0.5) is 0 Å². The average Bonchev–Trinajstić information content (AvgIpc) is 2.61. The smallest absolute Gasteiger partial charge is 0.0900 e. The summed E-state index contributed by atoms with van der Waals surface area (Å²) in [4.78, 5) is 6.18. The maximum absolute atomic E-state index is 4.68. The molecular formula is C11H18N2S. The number of aryl methyl sites for hydroxylation is 2. The molecule has 0 amide bonds. The highest BCUT2D eigenvalue weighted by Gasteiger charge is 2.20. The Kier molecular flexibility index (Phi) is 3.19. The van der Waals surface area contributed by atoms with Crippen molar-refractivity contribution in [1.29, 1.82) is 0 Å². The van der Waals surface area contributed by atoms with Gasteiger partial charge in [0.2, 0.25) is 0 Å². The van der Waals surface area contributed by atoms with E-state index in [9.17, 15) is 0 Å². The van der Waals surface area contributed by atoms with Gasteiger partial charge < -0.3 is 5.32 Å². The van der Waals surface area contributed by atoms with Crippen LogP contribution in [0.25, 0.3) is 0 Å². The minimum atomic E-state index is 0.670. The first-order valence-corrected chi connectivity index (χ1v) is 6.29. The molecule has 2 rings (SSSR count). The number of rotatable bonds is 2. The molecule has 1 aliphatic rings. The second-order valence-corrected chi connectivity index (χ2v) is 5.23. The molecule has 0 aliphatic carbocycles. The van der Waals surface area contributed by atoms with Gasteiger partial charge in [0.05, 0.1) is 10.7 Å². The third-order valence-corrected chi connectivity index (χ3v) is 3.97. The van der Waals surface area contributed by atoms with Gasteiger partial charge in [0.1, 0.15) is 0 Å². The standard InChI is InChI=1S/C11H18N2S/c1-3-10-11(13-8(2)14-10)9-5-4-6-12-7-9/h9,12H,3-7H2,1-2H3. The summed E-state index contributed by atoms with van der Waals surface area (Å²) in [6, 6.07) is 0. The van der Waals surface area contributed by atoms with Crippen molar-refractivity contribution in [2.45, 2.75) is 39.0 Å². The van der Waals surface area contributed by atoms with E-state index in [2.05, 4.69) is 24.1 Å². The number of nitrogens with one attached hydrogen (secondary N) is 1. The second-order valence-electron chi connectivity index (χ2n) is 3.94. The lowest BCUT2D eigenvalue weighted by Crippen LogP contribution is -2.29. The van der Waals surface area contributed by atoms with E-state index in [1.165, 1.54) is 35.0 Å². The molecule has 0 bridgehead atoms. The van der Waals surface area contributed by atoms with Crippen LogP contribution in [0, 0.1) is 6.92 Å². The Morgan fingerprint density at radius 1 is 1.57 bits per heavy atom. The first-order chi connectivity index (χ1) is 6.81. The second kappa shape index (κ2) is 4.41. The van der Waals surface area contributed by atoms with Gasteiger partial charge in [0.25, 0.3) is 0 Å². The summed E-state index contributed by atoms with van der Waals surface area (Å²) in [6.07, 6.45) is 3.74. The van der Waals surface area contributed by atoms with E-state index in [1.54, 1.807) is 0 Å². The molecule has 0 radical (unpaired) electrons. The highest BCUT2D eigenvalue weighted by molar-refractivity contribution is 7.11. The van der Waals surface area contributed by atoms with Gasteiger partial charge in [-0.3, -0.25) is 0 Å². The highest BCUT2D eigenvalue weighted by atomic mass is 32.1. The van der Waals surface area contributed by atoms with Crippen molar-refractivity contribution in [3.05, 3.63) is 15.6 Å². The van der Waals surface area contributed by atoms with Crippen LogP contribution in [0.3, 0.4) is 0 Å². The van der Waals surface area contributed by atoms with Gasteiger partial charge in [-0.25, -0.2) is 4.98 Å². The predicted octanol–water partition coefficient (Wildman–Crippen LogP) is 2.48. The fourth-order valence-electron chi connectivity index (χ4n) is 2.14. The Hall–Kier alpha value is -0.410. The molecule has 3 heteroatoms. The lowest BCUT2D eigenvalue weighted by molar-refractivity contribution is 0.454. The average molecular weight is 210 g/mol. The molecule has 1 unspecified atom stereocenters. The van der Waals surface area contributed by atoms with Crippen LogP contribution in [0.1, 0.15) is 41.3 Å². The van der Waals surface area contributed by atoms with Crippen molar-refractivity contribution in [2.75, 3.05) is 13.1 Å². The number of aromatic nitrogens is 1. The number of thiazole rings is 1. The molecule has 2 heterocycles. The van der Waals surface area contributed by atoms with Crippen LogP contribution in [-0.4, -0.2) is 18.1 Å². The molecule has 1 fully saturated rings. The van der Waals surface area contributed by atoms with Gasteiger partial charge in [-0.1, -0.05) is 6.92 Å². The normalized spacial score (nSPS) is 22.6. The summed E-state index contributed by atoms with van der Waals surface area (Å²) >= 11 is 1.87. The molecule has 0 saturated carbocycles. The summed E-state index contributed by atoms with van der Waals surface area (Å²) in [6.45, 7) is 6.65. The zero-order valence-corrected chi connectivity index (χ0v) is 9.78. The zero-order chi connectivity index (χ0) is 9.97. The van der Waals surface area contributed by atoms with E-state index >= 15 is 0 Å². The van der Waals surface area contributed by atoms with Crippen LogP contribution in [-0.2, 0) is 6.42 Å². The molecule has 0 spiro atoms. The number of hydrogen-bond acceptors (Lipinski definition) is 3. The van der Waals surface area contributed by atoms with Gasteiger partial charge in [-0.2, -0.15) is 0 Å². The van der Waals surface area contributed by atoms with Gasteiger partial charge in [0.15, 0.2) is 0 Å². The molecule has 14 heavy (non-hydrogen) atoms. The Balaban J connectivity index is 2.20. The topological polar surface area (TPSA) is 24.9 Å². The van der Waals surface area contributed by atoms with E-state index in [0.29, 0.717) is 5.92 Å². The summed E-state index contributed by atoms with van der Waals surface area (Å²) < 4.78 is 0. The molecule has 1 atom stereocenters. The number of piperidine rings is 1.